The van der Waals surface area contributed by atoms with Gasteiger partial charge < -0.3 is 13.9 Å². The maximum absolute atomic E-state index is 13.1. The lowest BCUT2D eigenvalue weighted by atomic mass is 10.1. The number of halogens is 2. The predicted molar refractivity (Wildman–Crippen MR) is 90.1 cm³/mol. The monoisotopic (exact) mass is 392 g/mol. The van der Waals surface area contributed by atoms with Gasteiger partial charge in [0.1, 0.15) is 18.0 Å². The molecule has 6 heteroatoms. The molecule has 0 aliphatic rings. The quantitative estimate of drug-likeness (QED) is 0.583. The fourth-order valence-electron chi connectivity index (χ4n) is 2.40. The summed E-state index contributed by atoms with van der Waals surface area (Å²) in [4.78, 5) is 12.4. The summed E-state index contributed by atoms with van der Waals surface area (Å²) in [5.74, 6) is -0.831. The minimum atomic E-state index is -0.588. The SMILES string of the molecule is COCc1c(C(=O)OCc2ccc(F)cc2Br)oc2ccccc12. The van der Waals surface area contributed by atoms with E-state index in [4.69, 9.17) is 13.9 Å². The van der Waals surface area contributed by atoms with Crippen molar-refractivity contribution >= 4 is 32.9 Å². The number of benzene rings is 2. The van der Waals surface area contributed by atoms with Crippen LogP contribution in [0.1, 0.15) is 21.7 Å². The van der Waals surface area contributed by atoms with E-state index in [0.717, 1.165) is 5.39 Å². The Morgan fingerprint density at radius 3 is 2.75 bits per heavy atom. The van der Waals surface area contributed by atoms with Gasteiger partial charge in [-0.1, -0.05) is 40.2 Å². The minimum absolute atomic E-state index is 0.00314. The molecule has 0 saturated heterocycles. The number of esters is 1. The van der Waals surface area contributed by atoms with E-state index in [1.54, 1.807) is 19.2 Å². The van der Waals surface area contributed by atoms with E-state index in [9.17, 15) is 9.18 Å². The van der Waals surface area contributed by atoms with Crippen molar-refractivity contribution in [3.63, 3.8) is 0 Å². The third-order valence-electron chi connectivity index (χ3n) is 3.55. The molecular weight excluding hydrogens is 379 g/mol. The molecule has 0 saturated carbocycles. The number of para-hydroxylation sites is 1. The van der Waals surface area contributed by atoms with Gasteiger partial charge in [0.2, 0.25) is 5.76 Å². The van der Waals surface area contributed by atoms with Gasteiger partial charge in [-0.25, -0.2) is 9.18 Å². The molecule has 0 radical (unpaired) electrons. The molecule has 24 heavy (non-hydrogen) atoms. The van der Waals surface area contributed by atoms with Gasteiger partial charge in [0.05, 0.1) is 6.61 Å². The summed E-state index contributed by atoms with van der Waals surface area (Å²) >= 11 is 3.25. The highest BCUT2D eigenvalue weighted by molar-refractivity contribution is 9.10. The molecule has 0 atom stereocenters. The van der Waals surface area contributed by atoms with Crippen molar-refractivity contribution < 1.29 is 23.1 Å². The summed E-state index contributed by atoms with van der Waals surface area (Å²) in [7, 11) is 1.55. The Hall–Kier alpha value is -2.18. The fourth-order valence-corrected chi connectivity index (χ4v) is 2.86. The van der Waals surface area contributed by atoms with Crippen LogP contribution in [-0.2, 0) is 22.7 Å². The van der Waals surface area contributed by atoms with Gasteiger partial charge in [0, 0.05) is 28.1 Å². The van der Waals surface area contributed by atoms with Gasteiger partial charge in [-0.15, -0.1) is 0 Å². The van der Waals surface area contributed by atoms with E-state index in [-0.39, 0.29) is 24.8 Å². The molecule has 0 bridgehead atoms. The summed E-state index contributed by atoms with van der Waals surface area (Å²) < 4.78 is 29.7. The van der Waals surface area contributed by atoms with Crippen LogP contribution in [0.3, 0.4) is 0 Å². The van der Waals surface area contributed by atoms with E-state index < -0.39 is 5.97 Å². The molecule has 124 valence electrons. The molecule has 4 nitrogen and oxygen atoms in total. The van der Waals surface area contributed by atoms with Gasteiger partial charge >= 0.3 is 5.97 Å². The lowest BCUT2D eigenvalue weighted by Gasteiger charge is -2.07. The van der Waals surface area contributed by atoms with E-state index >= 15 is 0 Å². The summed E-state index contributed by atoms with van der Waals surface area (Å²) in [5, 5.41) is 0.814. The Labute approximate surface area is 146 Å². The minimum Gasteiger partial charge on any atom is -0.455 e. The number of carbonyl (C=O) groups is 1. The topological polar surface area (TPSA) is 48.7 Å². The van der Waals surface area contributed by atoms with Gasteiger partial charge in [-0.3, -0.25) is 0 Å². The molecule has 1 aromatic heterocycles. The first-order valence-corrected chi connectivity index (χ1v) is 8.00. The van der Waals surface area contributed by atoms with Crippen molar-refractivity contribution in [1.29, 1.82) is 0 Å². The average molecular weight is 393 g/mol. The molecule has 0 spiro atoms. The van der Waals surface area contributed by atoms with Crippen LogP contribution < -0.4 is 0 Å². The largest absolute Gasteiger partial charge is 0.455 e. The summed E-state index contributed by atoms with van der Waals surface area (Å²) in [6, 6.07) is 11.5. The second-order valence-electron chi connectivity index (χ2n) is 5.15. The molecular formula is C18H14BrFO4. The number of rotatable bonds is 5. The Bertz CT molecular complexity index is 888. The van der Waals surface area contributed by atoms with Gasteiger partial charge in [0.15, 0.2) is 0 Å². The second-order valence-corrected chi connectivity index (χ2v) is 6.01. The molecule has 0 amide bonds. The summed E-state index contributed by atoms with van der Waals surface area (Å²) in [5.41, 5.74) is 1.91. The van der Waals surface area contributed by atoms with Crippen LogP contribution in [0.15, 0.2) is 51.4 Å². The first kappa shape index (κ1) is 16.7. The zero-order chi connectivity index (χ0) is 17.1. The van der Waals surface area contributed by atoms with Crippen LogP contribution in [0.25, 0.3) is 11.0 Å². The fraction of sp³-hybridized carbons (Fsp3) is 0.167. The summed E-state index contributed by atoms with van der Waals surface area (Å²) in [6.07, 6.45) is 0. The summed E-state index contributed by atoms with van der Waals surface area (Å²) in [6.45, 7) is 0.241. The van der Waals surface area contributed by atoms with Gasteiger partial charge in [-0.2, -0.15) is 0 Å². The van der Waals surface area contributed by atoms with Crippen LogP contribution in [0.2, 0.25) is 0 Å². The smallest absolute Gasteiger partial charge is 0.374 e. The highest BCUT2D eigenvalue weighted by Crippen LogP contribution is 2.27. The lowest BCUT2D eigenvalue weighted by Crippen LogP contribution is -2.07. The first-order valence-electron chi connectivity index (χ1n) is 7.20. The van der Waals surface area contributed by atoms with Crippen LogP contribution >= 0.6 is 15.9 Å². The number of furan rings is 1. The van der Waals surface area contributed by atoms with Crippen molar-refractivity contribution in [2.24, 2.45) is 0 Å². The van der Waals surface area contributed by atoms with E-state index in [2.05, 4.69) is 15.9 Å². The van der Waals surface area contributed by atoms with Crippen molar-refractivity contribution in [2.75, 3.05) is 7.11 Å². The third kappa shape index (κ3) is 3.34. The number of hydrogen-bond donors (Lipinski definition) is 0. The van der Waals surface area contributed by atoms with Gasteiger partial charge in [-0.05, 0) is 18.2 Å². The van der Waals surface area contributed by atoms with E-state index in [1.807, 2.05) is 18.2 Å². The normalized spacial score (nSPS) is 11.0. The molecule has 0 aliphatic carbocycles. The number of methoxy groups -OCH3 is 1. The lowest BCUT2D eigenvalue weighted by molar-refractivity contribution is 0.0432. The zero-order valence-corrected chi connectivity index (χ0v) is 14.4. The van der Waals surface area contributed by atoms with Crippen LogP contribution in [0.4, 0.5) is 4.39 Å². The Morgan fingerprint density at radius 1 is 1.21 bits per heavy atom. The van der Waals surface area contributed by atoms with E-state index in [0.29, 0.717) is 21.2 Å². The Morgan fingerprint density at radius 2 is 2.00 bits per heavy atom. The molecule has 3 rings (SSSR count). The highest BCUT2D eigenvalue weighted by atomic mass is 79.9. The predicted octanol–water partition coefficient (Wildman–Crippen LogP) is 4.84. The molecule has 1 heterocycles. The molecule has 2 aromatic carbocycles. The molecule has 3 aromatic rings. The Balaban J connectivity index is 1.84. The number of ether oxygens (including phenoxy) is 2. The van der Waals surface area contributed by atoms with Crippen LogP contribution in [-0.4, -0.2) is 13.1 Å². The molecule has 0 fully saturated rings. The highest BCUT2D eigenvalue weighted by Gasteiger charge is 2.22. The maximum Gasteiger partial charge on any atom is 0.374 e. The zero-order valence-electron chi connectivity index (χ0n) is 12.8. The van der Waals surface area contributed by atoms with Crippen molar-refractivity contribution in [2.45, 2.75) is 13.2 Å². The first-order chi connectivity index (χ1) is 11.6. The Kier molecular flexibility index (Phi) is 4.97. The number of carbonyl (C=O) groups excluding carboxylic acids is 1. The van der Waals surface area contributed by atoms with Gasteiger partial charge in [0.25, 0.3) is 0 Å². The molecule has 0 N–H and O–H groups in total. The van der Waals surface area contributed by atoms with Crippen molar-refractivity contribution in [1.82, 2.24) is 0 Å². The van der Waals surface area contributed by atoms with Crippen LogP contribution in [0, 0.1) is 5.82 Å². The number of fused-ring (bicyclic) bond motifs is 1. The van der Waals surface area contributed by atoms with Crippen molar-refractivity contribution in [3.05, 3.63) is 69.6 Å². The number of hydrogen-bond acceptors (Lipinski definition) is 4. The average Bonchev–Trinajstić information content (AvgIpc) is 2.93. The second kappa shape index (κ2) is 7.15. The van der Waals surface area contributed by atoms with Crippen LogP contribution in [0.5, 0.6) is 0 Å². The van der Waals surface area contributed by atoms with Crippen molar-refractivity contribution in [3.8, 4) is 0 Å². The molecule has 0 aliphatic heterocycles. The maximum atomic E-state index is 13.1. The standard InChI is InChI=1S/C18H14BrFO4/c1-22-10-14-13-4-2-3-5-16(13)24-17(14)18(21)23-9-11-6-7-12(20)8-15(11)19/h2-8H,9-10H2,1H3. The van der Waals surface area contributed by atoms with E-state index in [1.165, 1.54) is 12.1 Å². The third-order valence-corrected chi connectivity index (χ3v) is 4.28. The molecule has 0 unspecified atom stereocenters.